The van der Waals surface area contributed by atoms with E-state index in [1.165, 1.54) is 29.5 Å². The molecule has 3 N–H and O–H groups in total. The van der Waals surface area contributed by atoms with Crippen LogP contribution >= 0.6 is 0 Å². The van der Waals surface area contributed by atoms with Crippen molar-refractivity contribution in [2.24, 2.45) is 11.8 Å². The second-order valence-corrected chi connectivity index (χ2v) is 5.21. The minimum absolute atomic E-state index is 0.275. The van der Waals surface area contributed by atoms with Crippen LogP contribution in [0.2, 0.25) is 0 Å². The summed E-state index contributed by atoms with van der Waals surface area (Å²) in [6.45, 7) is 8.83. The highest BCUT2D eigenvalue weighted by Crippen LogP contribution is 2.26. The Labute approximate surface area is 106 Å². The molecule has 0 bridgehead atoms. The normalized spacial score (nSPS) is 14.6. The van der Waals surface area contributed by atoms with Gasteiger partial charge in [-0.15, -0.1) is 0 Å². The first-order valence-corrected chi connectivity index (χ1v) is 6.61. The van der Waals surface area contributed by atoms with E-state index in [1.807, 2.05) is 0 Å². The van der Waals surface area contributed by atoms with Crippen molar-refractivity contribution in [2.45, 2.75) is 53.0 Å². The van der Waals surface area contributed by atoms with Crippen molar-refractivity contribution in [3.8, 4) is 0 Å². The molecule has 0 saturated carbocycles. The minimum Gasteiger partial charge on any atom is -0.271 e. The summed E-state index contributed by atoms with van der Waals surface area (Å²) in [5.41, 5.74) is 6.94. The molecule has 0 saturated heterocycles. The van der Waals surface area contributed by atoms with Crippen LogP contribution in [0.3, 0.4) is 0 Å². The van der Waals surface area contributed by atoms with Crippen molar-refractivity contribution >= 4 is 0 Å². The van der Waals surface area contributed by atoms with Crippen molar-refractivity contribution in [2.75, 3.05) is 0 Å². The van der Waals surface area contributed by atoms with E-state index >= 15 is 0 Å². The Balaban J connectivity index is 2.79. The number of hydrogen-bond donors (Lipinski definition) is 2. The van der Waals surface area contributed by atoms with Gasteiger partial charge in [0.05, 0.1) is 0 Å². The Hall–Kier alpha value is -0.860. The fraction of sp³-hybridized carbons (Fsp3) is 0.600. The number of nitrogens with two attached hydrogens (primary N) is 1. The topological polar surface area (TPSA) is 38.0 Å². The Morgan fingerprint density at radius 2 is 2.00 bits per heavy atom. The molecule has 0 aliphatic heterocycles. The Morgan fingerprint density at radius 3 is 2.53 bits per heavy atom. The summed E-state index contributed by atoms with van der Waals surface area (Å²) in [6, 6.07) is 6.87. The van der Waals surface area contributed by atoms with Gasteiger partial charge in [-0.05, 0) is 37.3 Å². The van der Waals surface area contributed by atoms with Crippen LogP contribution in [-0.4, -0.2) is 0 Å². The maximum atomic E-state index is 5.71. The van der Waals surface area contributed by atoms with Crippen molar-refractivity contribution < 1.29 is 0 Å². The first kappa shape index (κ1) is 14.2. The average molecular weight is 234 g/mol. The van der Waals surface area contributed by atoms with Gasteiger partial charge in [0, 0.05) is 6.04 Å². The molecular weight excluding hydrogens is 208 g/mol. The zero-order valence-corrected chi connectivity index (χ0v) is 11.6. The van der Waals surface area contributed by atoms with Gasteiger partial charge in [0.15, 0.2) is 0 Å². The highest BCUT2D eigenvalue weighted by molar-refractivity contribution is 5.32. The number of nitrogens with one attached hydrogen (secondary N) is 1. The Bertz CT molecular complexity index is 347. The van der Waals surface area contributed by atoms with Gasteiger partial charge in [-0.3, -0.25) is 11.3 Å². The number of rotatable bonds is 6. The van der Waals surface area contributed by atoms with Crippen molar-refractivity contribution in [1.82, 2.24) is 5.43 Å². The lowest BCUT2D eigenvalue weighted by Gasteiger charge is -2.22. The minimum atomic E-state index is 0.275. The van der Waals surface area contributed by atoms with Crippen LogP contribution in [0.25, 0.3) is 0 Å². The van der Waals surface area contributed by atoms with E-state index in [9.17, 15) is 0 Å². The number of hydrogen-bond acceptors (Lipinski definition) is 2. The second kappa shape index (κ2) is 6.77. The SMILES string of the molecule is CCCC(C)CC(NN)c1ccc(C)cc1C. The molecule has 0 amide bonds. The summed E-state index contributed by atoms with van der Waals surface area (Å²) >= 11 is 0. The van der Waals surface area contributed by atoms with E-state index in [1.54, 1.807) is 0 Å². The molecule has 17 heavy (non-hydrogen) atoms. The summed E-state index contributed by atoms with van der Waals surface area (Å²) in [4.78, 5) is 0. The molecule has 0 radical (unpaired) electrons. The van der Waals surface area contributed by atoms with Gasteiger partial charge in [0.2, 0.25) is 0 Å². The van der Waals surface area contributed by atoms with Gasteiger partial charge in [-0.2, -0.15) is 0 Å². The third kappa shape index (κ3) is 4.14. The molecule has 2 atom stereocenters. The van der Waals surface area contributed by atoms with Crippen LogP contribution in [0.5, 0.6) is 0 Å². The van der Waals surface area contributed by atoms with E-state index in [4.69, 9.17) is 5.84 Å². The van der Waals surface area contributed by atoms with E-state index in [0.717, 1.165) is 6.42 Å². The summed E-state index contributed by atoms with van der Waals surface area (Å²) in [5, 5.41) is 0. The van der Waals surface area contributed by atoms with Crippen LogP contribution in [0, 0.1) is 19.8 Å². The summed E-state index contributed by atoms with van der Waals surface area (Å²) in [6.07, 6.45) is 3.61. The van der Waals surface area contributed by atoms with Gasteiger partial charge in [0.25, 0.3) is 0 Å². The lowest BCUT2D eigenvalue weighted by Crippen LogP contribution is -2.30. The predicted octanol–water partition coefficient (Wildman–Crippen LogP) is 3.63. The number of hydrazine groups is 1. The van der Waals surface area contributed by atoms with Crippen LogP contribution in [-0.2, 0) is 0 Å². The molecule has 0 aliphatic carbocycles. The number of benzene rings is 1. The fourth-order valence-electron chi connectivity index (χ4n) is 2.51. The summed E-state index contributed by atoms with van der Waals surface area (Å²) in [5.74, 6) is 6.42. The Kier molecular flexibility index (Phi) is 5.66. The van der Waals surface area contributed by atoms with Crippen LogP contribution in [0.1, 0.15) is 55.8 Å². The van der Waals surface area contributed by atoms with E-state index < -0.39 is 0 Å². The van der Waals surface area contributed by atoms with Gasteiger partial charge in [-0.25, -0.2) is 0 Å². The van der Waals surface area contributed by atoms with Crippen LogP contribution in [0.4, 0.5) is 0 Å². The first-order chi connectivity index (χ1) is 8.08. The maximum absolute atomic E-state index is 5.71. The zero-order chi connectivity index (χ0) is 12.8. The quantitative estimate of drug-likeness (QED) is 0.582. The van der Waals surface area contributed by atoms with Gasteiger partial charge >= 0.3 is 0 Å². The fourth-order valence-corrected chi connectivity index (χ4v) is 2.51. The molecule has 2 unspecified atom stereocenters. The average Bonchev–Trinajstić information content (AvgIpc) is 2.27. The second-order valence-electron chi connectivity index (χ2n) is 5.21. The molecule has 1 rings (SSSR count). The highest BCUT2D eigenvalue weighted by atomic mass is 15.2. The molecule has 96 valence electrons. The molecule has 2 nitrogen and oxygen atoms in total. The molecular formula is C15H26N2. The molecule has 0 aromatic heterocycles. The third-order valence-corrected chi connectivity index (χ3v) is 3.42. The molecule has 0 aliphatic rings. The molecule has 2 heteroatoms. The highest BCUT2D eigenvalue weighted by Gasteiger charge is 2.15. The number of aryl methyl sites for hydroxylation is 2. The lowest BCUT2D eigenvalue weighted by molar-refractivity contribution is 0.393. The van der Waals surface area contributed by atoms with Gasteiger partial charge < -0.3 is 0 Å². The first-order valence-electron chi connectivity index (χ1n) is 6.61. The van der Waals surface area contributed by atoms with Gasteiger partial charge in [-0.1, -0.05) is 50.5 Å². The van der Waals surface area contributed by atoms with Gasteiger partial charge in [0.1, 0.15) is 0 Å². The maximum Gasteiger partial charge on any atom is 0.0465 e. The van der Waals surface area contributed by atoms with Crippen LogP contribution in [0.15, 0.2) is 18.2 Å². The summed E-state index contributed by atoms with van der Waals surface area (Å²) < 4.78 is 0. The standard InChI is InChI=1S/C15H26N2/c1-5-6-11(2)10-15(17-16)14-8-7-12(3)9-13(14)4/h7-9,11,15,17H,5-6,10,16H2,1-4H3. The van der Waals surface area contributed by atoms with E-state index in [0.29, 0.717) is 5.92 Å². The lowest BCUT2D eigenvalue weighted by atomic mass is 9.91. The summed E-state index contributed by atoms with van der Waals surface area (Å²) in [7, 11) is 0. The van der Waals surface area contributed by atoms with E-state index in [-0.39, 0.29) is 6.04 Å². The molecule has 1 aromatic rings. The smallest absolute Gasteiger partial charge is 0.0465 e. The molecule has 0 fully saturated rings. The molecule has 0 heterocycles. The monoisotopic (exact) mass is 234 g/mol. The van der Waals surface area contributed by atoms with Crippen LogP contribution < -0.4 is 11.3 Å². The zero-order valence-electron chi connectivity index (χ0n) is 11.6. The third-order valence-electron chi connectivity index (χ3n) is 3.42. The van der Waals surface area contributed by atoms with Crippen molar-refractivity contribution in [1.29, 1.82) is 0 Å². The van der Waals surface area contributed by atoms with Crippen molar-refractivity contribution in [3.05, 3.63) is 34.9 Å². The predicted molar refractivity (Wildman–Crippen MR) is 74.7 cm³/mol. The van der Waals surface area contributed by atoms with Crippen molar-refractivity contribution in [3.63, 3.8) is 0 Å². The largest absolute Gasteiger partial charge is 0.271 e. The van der Waals surface area contributed by atoms with E-state index in [2.05, 4.69) is 51.3 Å². The molecule has 1 aromatic carbocycles. The molecule has 0 spiro atoms. The Morgan fingerprint density at radius 1 is 1.29 bits per heavy atom.